The average molecular weight is 581 g/mol. The summed E-state index contributed by atoms with van der Waals surface area (Å²) in [6.07, 6.45) is 0. The Hall–Kier alpha value is -2.41. The van der Waals surface area contributed by atoms with Crippen molar-refractivity contribution in [2.45, 2.75) is 20.8 Å². The fourth-order valence-corrected chi connectivity index (χ4v) is 2.33. The Morgan fingerprint density at radius 2 is 0.742 bits per heavy atom. The van der Waals surface area contributed by atoms with Crippen molar-refractivity contribution in [1.29, 1.82) is 0 Å². The second-order valence-electron chi connectivity index (χ2n) is 6.52. The van der Waals surface area contributed by atoms with Crippen LogP contribution in [0.3, 0.4) is 0 Å². The van der Waals surface area contributed by atoms with E-state index in [4.69, 9.17) is 15.3 Å². The molecule has 0 aliphatic heterocycles. The quantitative estimate of drug-likeness (QED) is 0.398. The summed E-state index contributed by atoms with van der Waals surface area (Å²) >= 11 is 0. The van der Waals surface area contributed by atoms with Crippen LogP contribution in [0.15, 0.2) is 72.8 Å². The largest absolute Gasteiger partial charge is 0.478 e. The number of carboxylic acids is 3. The summed E-state index contributed by atoms with van der Waals surface area (Å²) in [6, 6.07) is 20.5. The molecule has 0 unspecified atom stereocenters. The van der Waals surface area contributed by atoms with Crippen molar-refractivity contribution >= 4 is 17.9 Å². The minimum absolute atomic E-state index is 0. The minimum atomic E-state index is -0.872. The third-order valence-electron chi connectivity index (χ3n) is 3.80. The van der Waals surface area contributed by atoms with Gasteiger partial charge in [0.15, 0.2) is 0 Å². The van der Waals surface area contributed by atoms with Gasteiger partial charge in [0.2, 0.25) is 0 Å². The molecular formula is C24H24O6Yb. The van der Waals surface area contributed by atoms with Gasteiger partial charge in [-0.25, -0.2) is 14.4 Å². The summed E-state index contributed by atoms with van der Waals surface area (Å²) in [5.74, 6) is -2.61. The number of carboxylic acid groups (broad SMARTS) is 3. The third kappa shape index (κ3) is 11.5. The summed E-state index contributed by atoms with van der Waals surface area (Å²) in [5.41, 5.74) is 3.96. The monoisotopic (exact) mass is 582 g/mol. The predicted octanol–water partition coefficient (Wildman–Crippen LogP) is 5.08. The van der Waals surface area contributed by atoms with E-state index in [2.05, 4.69) is 0 Å². The van der Waals surface area contributed by atoms with Crippen LogP contribution in [-0.4, -0.2) is 33.2 Å². The summed E-state index contributed by atoms with van der Waals surface area (Å²) in [4.78, 5) is 31.1. The van der Waals surface area contributed by atoms with Crippen LogP contribution in [-0.2, 0) is 0 Å². The summed E-state index contributed by atoms with van der Waals surface area (Å²) in [7, 11) is 0. The van der Waals surface area contributed by atoms with E-state index in [-0.39, 0.29) is 46.9 Å². The van der Waals surface area contributed by atoms with E-state index in [0.29, 0.717) is 16.7 Å². The Morgan fingerprint density at radius 3 is 0.871 bits per heavy atom. The first-order valence-electron chi connectivity index (χ1n) is 9.00. The van der Waals surface area contributed by atoms with Gasteiger partial charge < -0.3 is 15.3 Å². The molecule has 0 atom stereocenters. The Bertz CT molecular complexity index is 898. The Kier molecular flexibility index (Phi) is 13.4. The number of aryl methyl sites for hydroxylation is 3. The molecule has 0 heterocycles. The first-order chi connectivity index (χ1) is 14.1. The Balaban J connectivity index is 0.000000429. The zero-order valence-electron chi connectivity index (χ0n) is 17.3. The van der Waals surface area contributed by atoms with Crippen LogP contribution < -0.4 is 0 Å². The SMILES string of the molecule is Cc1cccc(C(=O)O)c1.Cc1cccc(C(=O)O)c1.Cc1cccc(C(=O)O)c1.[Yb]. The van der Waals surface area contributed by atoms with Gasteiger partial charge >= 0.3 is 17.9 Å². The smallest absolute Gasteiger partial charge is 0.335 e. The van der Waals surface area contributed by atoms with E-state index < -0.39 is 17.9 Å². The summed E-state index contributed by atoms with van der Waals surface area (Å²) < 4.78 is 0. The molecule has 3 rings (SSSR count). The number of hydrogen-bond donors (Lipinski definition) is 3. The fourth-order valence-electron chi connectivity index (χ4n) is 2.33. The zero-order chi connectivity index (χ0) is 22.7. The van der Waals surface area contributed by atoms with Gasteiger partial charge in [-0.05, 0) is 57.2 Å². The molecule has 0 aliphatic rings. The maximum absolute atomic E-state index is 10.4. The molecular weight excluding hydrogens is 557 g/mol. The van der Waals surface area contributed by atoms with E-state index in [9.17, 15) is 14.4 Å². The molecule has 0 fully saturated rings. The van der Waals surface area contributed by atoms with Crippen LogP contribution in [0, 0.1) is 67.7 Å². The van der Waals surface area contributed by atoms with Gasteiger partial charge in [-0.1, -0.05) is 53.1 Å². The second kappa shape index (κ2) is 14.6. The number of aromatic carboxylic acids is 3. The molecule has 3 N–H and O–H groups in total. The Morgan fingerprint density at radius 1 is 0.516 bits per heavy atom. The number of carbonyl (C=O) groups is 3. The van der Waals surface area contributed by atoms with Crippen LogP contribution in [0.1, 0.15) is 47.8 Å². The van der Waals surface area contributed by atoms with Crippen molar-refractivity contribution in [1.82, 2.24) is 0 Å². The first kappa shape index (κ1) is 28.6. The molecule has 31 heavy (non-hydrogen) atoms. The molecule has 0 saturated heterocycles. The molecule has 170 valence electrons. The zero-order valence-corrected chi connectivity index (χ0v) is 19.0. The van der Waals surface area contributed by atoms with Crippen LogP contribution >= 0.6 is 0 Å². The molecule has 0 aromatic heterocycles. The fraction of sp³-hybridized carbons (Fsp3) is 0.125. The van der Waals surface area contributed by atoms with Gasteiger partial charge in [0.25, 0.3) is 0 Å². The van der Waals surface area contributed by atoms with Crippen LogP contribution in [0.4, 0.5) is 0 Å². The number of benzene rings is 3. The normalized spacial score (nSPS) is 9.00. The van der Waals surface area contributed by atoms with Crippen molar-refractivity contribution in [3.63, 3.8) is 0 Å². The molecule has 0 bridgehead atoms. The van der Waals surface area contributed by atoms with Gasteiger partial charge in [0, 0.05) is 46.9 Å². The van der Waals surface area contributed by atoms with E-state index in [1.807, 2.05) is 39.0 Å². The van der Waals surface area contributed by atoms with Crippen LogP contribution in [0.2, 0.25) is 0 Å². The predicted molar refractivity (Wildman–Crippen MR) is 114 cm³/mol. The van der Waals surface area contributed by atoms with Crippen molar-refractivity contribution in [3.8, 4) is 0 Å². The molecule has 0 saturated carbocycles. The number of rotatable bonds is 3. The minimum Gasteiger partial charge on any atom is -0.478 e. The molecule has 0 radical (unpaired) electrons. The summed E-state index contributed by atoms with van der Waals surface area (Å²) in [6.45, 7) is 5.60. The van der Waals surface area contributed by atoms with Crippen LogP contribution in [0.25, 0.3) is 0 Å². The van der Waals surface area contributed by atoms with Gasteiger partial charge in [-0.15, -0.1) is 0 Å². The van der Waals surface area contributed by atoms with E-state index in [0.717, 1.165) is 16.7 Å². The average Bonchev–Trinajstić information content (AvgIpc) is 2.69. The molecule has 0 amide bonds. The van der Waals surface area contributed by atoms with Gasteiger partial charge in [-0.3, -0.25) is 0 Å². The van der Waals surface area contributed by atoms with Gasteiger partial charge in [0.1, 0.15) is 0 Å². The van der Waals surface area contributed by atoms with Crippen molar-refractivity contribution in [3.05, 3.63) is 106 Å². The topological polar surface area (TPSA) is 112 Å². The standard InChI is InChI=1S/3C8H8O2.Yb/c3*1-6-3-2-4-7(5-6)8(9)10;/h3*2-5H,1H3,(H,9,10);. The molecule has 3 aromatic rings. The maximum atomic E-state index is 10.4. The van der Waals surface area contributed by atoms with Crippen molar-refractivity contribution < 1.29 is 76.6 Å². The summed E-state index contributed by atoms with van der Waals surface area (Å²) in [5, 5.41) is 25.5. The molecule has 7 heteroatoms. The van der Waals surface area contributed by atoms with E-state index >= 15 is 0 Å². The first-order valence-corrected chi connectivity index (χ1v) is 9.00. The van der Waals surface area contributed by atoms with Crippen LogP contribution in [0.5, 0.6) is 0 Å². The molecule has 0 spiro atoms. The maximum Gasteiger partial charge on any atom is 0.335 e. The molecule has 0 aliphatic carbocycles. The van der Waals surface area contributed by atoms with Gasteiger partial charge in [-0.2, -0.15) is 0 Å². The van der Waals surface area contributed by atoms with E-state index in [1.165, 1.54) is 0 Å². The number of hydrogen-bond acceptors (Lipinski definition) is 3. The van der Waals surface area contributed by atoms with Crippen molar-refractivity contribution in [2.75, 3.05) is 0 Å². The third-order valence-corrected chi connectivity index (χ3v) is 3.80. The molecule has 3 aromatic carbocycles. The van der Waals surface area contributed by atoms with E-state index in [1.54, 1.807) is 54.6 Å². The second-order valence-corrected chi connectivity index (χ2v) is 6.52. The Labute approximate surface area is 219 Å². The van der Waals surface area contributed by atoms with Gasteiger partial charge in [0.05, 0.1) is 16.7 Å². The van der Waals surface area contributed by atoms with Crippen molar-refractivity contribution in [2.24, 2.45) is 0 Å². The molecule has 6 nitrogen and oxygen atoms in total.